The topological polar surface area (TPSA) is 37.8 Å². The summed E-state index contributed by atoms with van der Waals surface area (Å²) in [6.07, 6.45) is 0.971. The Balaban J connectivity index is 2.89. The highest BCUT2D eigenvalue weighted by molar-refractivity contribution is 5.16. The average Bonchev–Trinajstić information content (AvgIpc) is 2.27. The van der Waals surface area contributed by atoms with E-state index in [2.05, 4.69) is 49.0 Å². The highest BCUT2D eigenvalue weighted by Crippen LogP contribution is 2.18. The van der Waals surface area contributed by atoms with Gasteiger partial charge in [-0.15, -0.1) is 0 Å². The standard InChI is InChI=1S/C13H23N3/c1-6-12-8-13(16-11(5)15-12)9(3)10(4)14-7-2/h8-10,14H,6-7H2,1-5H3. The molecular formula is C13H23N3. The molecule has 1 N–H and O–H groups in total. The Hall–Kier alpha value is -0.960. The lowest BCUT2D eigenvalue weighted by Crippen LogP contribution is -2.31. The molecule has 0 spiro atoms. The van der Waals surface area contributed by atoms with E-state index in [-0.39, 0.29) is 0 Å². The molecule has 0 amide bonds. The van der Waals surface area contributed by atoms with Crippen LogP contribution in [0.3, 0.4) is 0 Å². The van der Waals surface area contributed by atoms with E-state index in [9.17, 15) is 0 Å². The molecule has 2 atom stereocenters. The number of aromatic nitrogens is 2. The third-order valence-corrected chi connectivity index (χ3v) is 3.02. The van der Waals surface area contributed by atoms with Gasteiger partial charge in [-0.3, -0.25) is 0 Å². The smallest absolute Gasteiger partial charge is 0.125 e. The van der Waals surface area contributed by atoms with Crippen molar-refractivity contribution in [2.75, 3.05) is 6.54 Å². The first-order valence-electron chi connectivity index (χ1n) is 6.16. The molecule has 1 rings (SSSR count). The molecule has 0 radical (unpaired) electrons. The second-order valence-corrected chi connectivity index (χ2v) is 4.32. The molecule has 0 saturated heterocycles. The summed E-state index contributed by atoms with van der Waals surface area (Å²) in [5.41, 5.74) is 2.29. The molecule has 1 aromatic rings. The van der Waals surface area contributed by atoms with Gasteiger partial charge < -0.3 is 5.32 Å². The van der Waals surface area contributed by atoms with Crippen LogP contribution in [0.25, 0.3) is 0 Å². The van der Waals surface area contributed by atoms with E-state index in [1.165, 1.54) is 0 Å². The van der Waals surface area contributed by atoms with Gasteiger partial charge in [0.2, 0.25) is 0 Å². The van der Waals surface area contributed by atoms with E-state index in [1.54, 1.807) is 0 Å². The van der Waals surface area contributed by atoms with Gasteiger partial charge in [-0.1, -0.05) is 20.8 Å². The van der Waals surface area contributed by atoms with Crippen molar-refractivity contribution < 1.29 is 0 Å². The largest absolute Gasteiger partial charge is 0.314 e. The molecule has 1 aromatic heterocycles. The zero-order valence-electron chi connectivity index (χ0n) is 11.0. The van der Waals surface area contributed by atoms with Crippen LogP contribution in [0.2, 0.25) is 0 Å². The van der Waals surface area contributed by atoms with Crippen LogP contribution in [0.5, 0.6) is 0 Å². The molecule has 0 fully saturated rings. The highest BCUT2D eigenvalue weighted by atomic mass is 14.9. The van der Waals surface area contributed by atoms with Gasteiger partial charge in [0.15, 0.2) is 0 Å². The number of hydrogen-bond acceptors (Lipinski definition) is 3. The molecule has 16 heavy (non-hydrogen) atoms. The third kappa shape index (κ3) is 3.27. The van der Waals surface area contributed by atoms with E-state index in [0.29, 0.717) is 12.0 Å². The van der Waals surface area contributed by atoms with Crippen LogP contribution in [-0.4, -0.2) is 22.6 Å². The van der Waals surface area contributed by atoms with Crippen LogP contribution in [0, 0.1) is 6.92 Å². The number of nitrogens with zero attached hydrogens (tertiary/aromatic N) is 2. The van der Waals surface area contributed by atoms with Gasteiger partial charge in [0.1, 0.15) is 5.82 Å². The Morgan fingerprint density at radius 3 is 2.50 bits per heavy atom. The quantitative estimate of drug-likeness (QED) is 0.830. The van der Waals surface area contributed by atoms with Crippen molar-refractivity contribution in [1.82, 2.24) is 15.3 Å². The molecule has 1 heterocycles. The zero-order chi connectivity index (χ0) is 12.1. The third-order valence-electron chi connectivity index (χ3n) is 3.02. The second kappa shape index (κ2) is 5.94. The molecule has 0 saturated carbocycles. The van der Waals surface area contributed by atoms with E-state index >= 15 is 0 Å². The van der Waals surface area contributed by atoms with E-state index in [0.717, 1.165) is 30.2 Å². The van der Waals surface area contributed by atoms with Crippen molar-refractivity contribution in [2.45, 2.75) is 53.0 Å². The van der Waals surface area contributed by atoms with Crippen LogP contribution < -0.4 is 5.32 Å². The minimum Gasteiger partial charge on any atom is -0.314 e. The lowest BCUT2D eigenvalue weighted by molar-refractivity contribution is 0.485. The number of likely N-dealkylation sites (N-methyl/N-ethyl adjacent to an activating group) is 1. The van der Waals surface area contributed by atoms with Crippen LogP contribution in [0.1, 0.15) is 50.8 Å². The molecule has 0 aliphatic carbocycles. The molecule has 0 aromatic carbocycles. The fraction of sp³-hybridized carbons (Fsp3) is 0.692. The van der Waals surface area contributed by atoms with Crippen LogP contribution in [0.15, 0.2) is 6.07 Å². The van der Waals surface area contributed by atoms with Crippen LogP contribution in [-0.2, 0) is 6.42 Å². The van der Waals surface area contributed by atoms with Crippen molar-refractivity contribution in [2.24, 2.45) is 0 Å². The number of rotatable bonds is 5. The van der Waals surface area contributed by atoms with Crippen molar-refractivity contribution in [3.8, 4) is 0 Å². The Kier molecular flexibility index (Phi) is 4.87. The molecule has 0 bridgehead atoms. The minimum absolute atomic E-state index is 0.423. The maximum absolute atomic E-state index is 4.53. The molecule has 0 aliphatic heterocycles. The minimum atomic E-state index is 0.423. The number of hydrogen-bond donors (Lipinski definition) is 1. The van der Waals surface area contributed by atoms with Gasteiger partial charge in [0, 0.05) is 23.3 Å². The van der Waals surface area contributed by atoms with E-state index in [1.807, 2.05) is 6.92 Å². The summed E-state index contributed by atoms with van der Waals surface area (Å²) in [5, 5.41) is 3.44. The summed E-state index contributed by atoms with van der Waals surface area (Å²) in [6, 6.07) is 2.58. The Morgan fingerprint density at radius 2 is 1.94 bits per heavy atom. The van der Waals surface area contributed by atoms with Crippen molar-refractivity contribution >= 4 is 0 Å². The maximum atomic E-state index is 4.53. The average molecular weight is 221 g/mol. The predicted octanol–water partition coefficient (Wildman–Crippen LogP) is 2.45. The lowest BCUT2D eigenvalue weighted by Gasteiger charge is -2.20. The van der Waals surface area contributed by atoms with Gasteiger partial charge in [0.05, 0.1) is 0 Å². The van der Waals surface area contributed by atoms with Gasteiger partial charge in [-0.25, -0.2) is 9.97 Å². The SMILES string of the molecule is CCNC(C)C(C)c1cc(CC)nc(C)n1. The molecule has 0 aliphatic rings. The first-order valence-corrected chi connectivity index (χ1v) is 6.16. The first kappa shape index (κ1) is 13.1. The fourth-order valence-electron chi connectivity index (χ4n) is 1.82. The molecule has 2 unspecified atom stereocenters. The van der Waals surface area contributed by atoms with Gasteiger partial charge in [0.25, 0.3) is 0 Å². The summed E-state index contributed by atoms with van der Waals surface area (Å²) in [5.74, 6) is 1.30. The predicted molar refractivity (Wildman–Crippen MR) is 67.7 cm³/mol. The number of aryl methyl sites for hydroxylation is 2. The van der Waals surface area contributed by atoms with Crippen molar-refractivity contribution in [3.63, 3.8) is 0 Å². The lowest BCUT2D eigenvalue weighted by atomic mass is 9.98. The van der Waals surface area contributed by atoms with Crippen molar-refractivity contribution in [3.05, 3.63) is 23.3 Å². The van der Waals surface area contributed by atoms with Gasteiger partial charge in [-0.2, -0.15) is 0 Å². The van der Waals surface area contributed by atoms with Gasteiger partial charge >= 0.3 is 0 Å². The first-order chi connectivity index (χ1) is 7.58. The van der Waals surface area contributed by atoms with E-state index < -0.39 is 0 Å². The number of nitrogens with one attached hydrogen (secondary N) is 1. The molecular weight excluding hydrogens is 198 g/mol. The van der Waals surface area contributed by atoms with Gasteiger partial charge in [-0.05, 0) is 32.9 Å². The Labute approximate surface area is 98.7 Å². The van der Waals surface area contributed by atoms with E-state index in [4.69, 9.17) is 0 Å². The molecule has 3 heteroatoms. The second-order valence-electron chi connectivity index (χ2n) is 4.32. The summed E-state index contributed by atoms with van der Waals surface area (Å²) >= 11 is 0. The summed E-state index contributed by atoms with van der Waals surface area (Å²) < 4.78 is 0. The normalized spacial score (nSPS) is 14.8. The van der Waals surface area contributed by atoms with Crippen molar-refractivity contribution in [1.29, 1.82) is 0 Å². The summed E-state index contributed by atoms with van der Waals surface area (Å²) in [6.45, 7) is 11.6. The zero-order valence-corrected chi connectivity index (χ0v) is 11.0. The van der Waals surface area contributed by atoms with Crippen LogP contribution in [0.4, 0.5) is 0 Å². The highest BCUT2D eigenvalue weighted by Gasteiger charge is 2.15. The Bertz CT molecular complexity index is 336. The maximum Gasteiger partial charge on any atom is 0.125 e. The van der Waals surface area contributed by atoms with Crippen LogP contribution >= 0.6 is 0 Å². The fourth-order valence-corrected chi connectivity index (χ4v) is 1.82. The Morgan fingerprint density at radius 1 is 1.25 bits per heavy atom. The summed E-state index contributed by atoms with van der Waals surface area (Å²) in [4.78, 5) is 8.94. The summed E-state index contributed by atoms with van der Waals surface area (Å²) in [7, 11) is 0. The molecule has 3 nitrogen and oxygen atoms in total. The monoisotopic (exact) mass is 221 g/mol. The molecule has 90 valence electrons.